The predicted molar refractivity (Wildman–Crippen MR) is 94.4 cm³/mol. The lowest BCUT2D eigenvalue weighted by Gasteiger charge is -2.28. The minimum Gasteiger partial charge on any atom is -0.459 e. The molecule has 4 nitrogen and oxygen atoms in total. The number of ether oxygens (including phenoxy) is 1. The van der Waals surface area contributed by atoms with Gasteiger partial charge < -0.3 is 14.9 Å². The lowest BCUT2D eigenvalue weighted by Crippen LogP contribution is -2.34. The van der Waals surface area contributed by atoms with Gasteiger partial charge in [0.05, 0.1) is 0 Å². The molecule has 0 spiro atoms. The highest BCUT2D eigenvalue weighted by molar-refractivity contribution is 5.69. The topological polar surface area (TPSA) is 66.8 Å². The first kappa shape index (κ1) is 22.4. The van der Waals surface area contributed by atoms with Crippen molar-refractivity contribution in [1.82, 2.24) is 0 Å². The quantitative estimate of drug-likeness (QED) is 0.326. The Morgan fingerprint density at radius 1 is 0.826 bits per heavy atom. The van der Waals surface area contributed by atoms with Crippen LogP contribution in [0.1, 0.15) is 97.3 Å². The zero-order chi connectivity index (χ0) is 17.4. The predicted octanol–water partition coefficient (Wildman–Crippen LogP) is 4.36. The van der Waals surface area contributed by atoms with Crippen LogP contribution in [0.3, 0.4) is 0 Å². The minimum atomic E-state index is -0.737. The van der Waals surface area contributed by atoms with Crippen LogP contribution in [-0.4, -0.2) is 35.0 Å². The van der Waals surface area contributed by atoms with Gasteiger partial charge >= 0.3 is 5.97 Å². The third-order valence-electron chi connectivity index (χ3n) is 4.38. The van der Waals surface area contributed by atoms with E-state index in [-0.39, 0.29) is 19.2 Å². The SMILES string of the molecule is CCCCCCCCCCCCC(=O)OC(C)(CCO)CCO. The van der Waals surface area contributed by atoms with E-state index < -0.39 is 5.60 Å². The number of aliphatic hydroxyl groups excluding tert-OH is 2. The lowest BCUT2D eigenvalue weighted by atomic mass is 9.98. The van der Waals surface area contributed by atoms with Gasteiger partial charge in [-0.25, -0.2) is 0 Å². The minimum absolute atomic E-state index is 0.0396. The van der Waals surface area contributed by atoms with Gasteiger partial charge in [0.25, 0.3) is 0 Å². The molecule has 0 aromatic rings. The number of esters is 1. The van der Waals surface area contributed by atoms with Gasteiger partial charge in [-0.3, -0.25) is 4.79 Å². The fraction of sp³-hybridized carbons (Fsp3) is 0.947. The molecule has 0 bridgehead atoms. The van der Waals surface area contributed by atoms with Crippen LogP contribution >= 0.6 is 0 Å². The van der Waals surface area contributed by atoms with Crippen molar-refractivity contribution < 1.29 is 19.7 Å². The molecule has 0 aliphatic carbocycles. The van der Waals surface area contributed by atoms with Crippen molar-refractivity contribution in [2.45, 2.75) is 103 Å². The van der Waals surface area contributed by atoms with Crippen LogP contribution in [0.25, 0.3) is 0 Å². The maximum atomic E-state index is 11.9. The second-order valence-corrected chi connectivity index (χ2v) is 6.80. The van der Waals surface area contributed by atoms with Crippen LogP contribution in [0, 0.1) is 0 Å². The van der Waals surface area contributed by atoms with Gasteiger partial charge in [-0.1, -0.05) is 64.7 Å². The van der Waals surface area contributed by atoms with Crippen molar-refractivity contribution in [3.8, 4) is 0 Å². The van der Waals surface area contributed by atoms with Crippen molar-refractivity contribution in [3.05, 3.63) is 0 Å². The van der Waals surface area contributed by atoms with E-state index >= 15 is 0 Å². The summed E-state index contributed by atoms with van der Waals surface area (Å²) in [5.41, 5.74) is -0.737. The first-order valence-electron chi connectivity index (χ1n) is 9.51. The molecule has 0 aromatic heterocycles. The van der Waals surface area contributed by atoms with Crippen LogP contribution in [0.15, 0.2) is 0 Å². The van der Waals surface area contributed by atoms with Crippen LogP contribution < -0.4 is 0 Å². The second-order valence-electron chi connectivity index (χ2n) is 6.80. The molecule has 0 rings (SSSR count). The van der Waals surface area contributed by atoms with Gasteiger partial charge in [0, 0.05) is 32.5 Å². The third-order valence-corrected chi connectivity index (χ3v) is 4.38. The molecule has 0 aliphatic rings. The zero-order valence-corrected chi connectivity index (χ0v) is 15.3. The van der Waals surface area contributed by atoms with Gasteiger partial charge in [0.15, 0.2) is 0 Å². The summed E-state index contributed by atoms with van der Waals surface area (Å²) < 4.78 is 5.44. The fourth-order valence-electron chi connectivity index (χ4n) is 2.78. The van der Waals surface area contributed by atoms with Crippen LogP contribution in [0.4, 0.5) is 0 Å². The van der Waals surface area contributed by atoms with Crippen molar-refractivity contribution in [2.24, 2.45) is 0 Å². The molecule has 0 atom stereocenters. The summed E-state index contributed by atoms with van der Waals surface area (Å²) in [6.07, 6.45) is 13.6. The highest BCUT2D eigenvalue weighted by atomic mass is 16.6. The molecule has 0 radical (unpaired) electrons. The summed E-state index contributed by atoms with van der Waals surface area (Å²) >= 11 is 0. The molecule has 0 amide bonds. The molecule has 0 heterocycles. The summed E-state index contributed by atoms with van der Waals surface area (Å²) in [5, 5.41) is 18.1. The molecule has 2 N–H and O–H groups in total. The van der Waals surface area contributed by atoms with E-state index in [1.54, 1.807) is 6.92 Å². The molecular formula is C19H38O4. The molecule has 0 saturated carbocycles. The Hall–Kier alpha value is -0.610. The van der Waals surface area contributed by atoms with Crippen LogP contribution in [0.2, 0.25) is 0 Å². The van der Waals surface area contributed by atoms with Crippen LogP contribution in [-0.2, 0) is 9.53 Å². The average molecular weight is 331 g/mol. The molecule has 0 fully saturated rings. The van der Waals surface area contributed by atoms with Crippen molar-refractivity contribution in [1.29, 1.82) is 0 Å². The van der Waals surface area contributed by atoms with Crippen LogP contribution in [0.5, 0.6) is 0 Å². The highest BCUT2D eigenvalue weighted by Gasteiger charge is 2.27. The van der Waals surface area contributed by atoms with Crippen molar-refractivity contribution >= 4 is 5.97 Å². The van der Waals surface area contributed by atoms with Gasteiger partial charge in [0.1, 0.15) is 5.60 Å². The summed E-state index contributed by atoms with van der Waals surface area (Å²) in [6, 6.07) is 0. The highest BCUT2D eigenvalue weighted by Crippen LogP contribution is 2.21. The van der Waals surface area contributed by atoms with Gasteiger partial charge in [-0.2, -0.15) is 0 Å². The third kappa shape index (κ3) is 13.5. The Morgan fingerprint density at radius 3 is 1.70 bits per heavy atom. The Morgan fingerprint density at radius 2 is 1.26 bits per heavy atom. The average Bonchev–Trinajstić information content (AvgIpc) is 2.49. The molecule has 138 valence electrons. The van der Waals surface area contributed by atoms with E-state index in [0.717, 1.165) is 12.8 Å². The van der Waals surface area contributed by atoms with Crippen molar-refractivity contribution in [3.63, 3.8) is 0 Å². The Balaban J connectivity index is 3.59. The number of rotatable bonds is 16. The number of unbranched alkanes of at least 4 members (excludes halogenated alkanes) is 9. The van der Waals surface area contributed by atoms with E-state index in [4.69, 9.17) is 14.9 Å². The lowest BCUT2D eigenvalue weighted by molar-refractivity contribution is -0.161. The standard InChI is InChI=1S/C19H38O4/c1-3-4-5-6-7-8-9-10-11-12-13-18(22)23-19(2,14-16-20)15-17-21/h20-21H,3-17H2,1-2H3. The maximum absolute atomic E-state index is 11.9. The van der Waals surface area contributed by atoms with E-state index in [2.05, 4.69) is 6.92 Å². The normalized spacial score (nSPS) is 11.7. The number of carbonyl (C=O) groups excluding carboxylic acids is 1. The molecular weight excluding hydrogens is 292 g/mol. The zero-order valence-electron chi connectivity index (χ0n) is 15.3. The molecule has 0 unspecified atom stereocenters. The Kier molecular flexibility index (Phi) is 14.6. The summed E-state index contributed by atoms with van der Waals surface area (Å²) in [6.45, 7) is 3.93. The van der Waals surface area contributed by atoms with E-state index in [1.165, 1.54) is 51.4 Å². The summed E-state index contributed by atoms with van der Waals surface area (Å²) in [4.78, 5) is 11.9. The Bertz CT molecular complexity index is 273. The molecule has 0 saturated heterocycles. The Labute approximate surface area is 142 Å². The molecule has 23 heavy (non-hydrogen) atoms. The summed E-state index contributed by atoms with van der Waals surface area (Å²) in [7, 11) is 0. The first-order chi connectivity index (χ1) is 11.1. The van der Waals surface area contributed by atoms with Gasteiger partial charge in [-0.05, 0) is 13.3 Å². The number of aliphatic hydroxyl groups is 2. The number of carbonyl (C=O) groups is 1. The first-order valence-corrected chi connectivity index (χ1v) is 9.51. The van der Waals surface area contributed by atoms with Crippen molar-refractivity contribution in [2.75, 3.05) is 13.2 Å². The van der Waals surface area contributed by atoms with Gasteiger partial charge in [0.2, 0.25) is 0 Å². The molecule has 4 heteroatoms. The molecule has 0 aliphatic heterocycles. The second kappa shape index (κ2) is 14.9. The smallest absolute Gasteiger partial charge is 0.306 e. The molecule has 0 aromatic carbocycles. The fourth-order valence-corrected chi connectivity index (χ4v) is 2.78. The van der Waals surface area contributed by atoms with E-state index in [1.807, 2.05) is 0 Å². The number of hydrogen-bond acceptors (Lipinski definition) is 4. The van der Waals surface area contributed by atoms with E-state index in [9.17, 15) is 4.79 Å². The maximum Gasteiger partial charge on any atom is 0.306 e. The van der Waals surface area contributed by atoms with Gasteiger partial charge in [-0.15, -0.1) is 0 Å². The summed E-state index contributed by atoms with van der Waals surface area (Å²) in [5.74, 6) is -0.214. The monoisotopic (exact) mass is 330 g/mol. The number of hydrogen-bond donors (Lipinski definition) is 2. The van der Waals surface area contributed by atoms with E-state index in [0.29, 0.717) is 19.3 Å². The largest absolute Gasteiger partial charge is 0.459 e.